The van der Waals surface area contributed by atoms with Gasteiger partial charge in [0, 0.05) is 6.07 Å². The van der Waals surface area contributed by atoms with E-state index in [-0.39, 0.29) is 11.9 Å². The van der Waals surface area contributed by atoms with Crippen molar-refractivity contribution in [3.8, 4) is 0 Å². The molecule has 0 saturated heterocycles. The molecule has 1 amide bonds. The van der Waals surface area contributed by atoms with Crippen molar-refractivity contribution in [1.29, 1.82) is 0 Å². The van der Waals surface area contributed by atoms with E-state index < -0.39 is 0 Å². The second kappa shape index (κ2) is 5.76. The first kappa shape index (κ1) is 12.7. The fourth-order valence-corrected chi connectivity index (χ4v) is 1.88. The highest BCUT2D eigenvalue weighted by atomic mass is 79.9. The van der Waals surface area contributed by atoms with Crippen molar-refractivity contribution in [2.45, 2.75) is 25.8 Å². The summed E-state index contributed by atoms with van der Waals surface area (Å²) >= 11 is 3.15. The Labute approximate surface area is 111 Å². The van der Waals surface area contributed by atoms with E-state index in [1.165, 1.54) is 6.26 Å². The topological polar surface area (TPSA) is 96.7 Å². The summed E-state index contributed by atoms with van der Waals surface area (Å²) in [5.41, 5.74) is 0.450. The molecule has 0 aliphatic rings. The van der Waals surface area contributed by atoms with Gasteiger partial charge in [0.05, 0.1) is 11.6 Å². The first-order chi connectivity index (χ1) is 8.70. The van der Waals surface area contributed by atoms with Gasteiger partial charge in [0.25, 0.3) is 5.91 Å². The fraction of sp³-hybridized carbons (Fsp3) is 0.400. The molecule has 2 aromatic rings. The number of amides is 1. The predicted octanol–water partition coefficient (Wildman–Crippen LogP) is 1.83. The second-order valence-electron chi connectivity index (χ2n) is 3.72. The lowest BCUT2D eigenvalue weighted by atomic mass is 10.1. The van der Waals surface area contributed by atoms with Crippen molar-refractivity contribution in [2.75, 3.05) is 0 Å². The number of furan rings is 1. The molecule has 2 aromatic heterocycles. The minimum Gasteiger partial charge on any atom is -0.457 e. The maximum Gasteiger partial charge on any atom is 0.255 e. The molecule has 0 bridgehead atoms. The Hall–Kier alpha value is -1.70. The lowest BCUT2D eigenvalue weighted by Crippen LogP contribution is -2.29. The van der Waals surface area contributed by atoms with Crippen molar-refractivity contribution in [3.63, 3.8) is 0 Å². The number of rotatable bonds is 5. The number of aromatic nitrogens is 4. The number of hydrogen-bond acceptors (Lipinski definition) is 5. The number of halogens is 1. The Balaban J connectivity index is 2.07. The van der Waals surface area contributed by atoms with Gasteiger partial charge in [0.15, 0.2) is 10.5 Å². The van der Waals surface area contributed by atoms with Crippen LogP contribution in [-0.4, -0.2) is 26.5 Å². The fourth-order valence-electron chi connectivity index (χ4n) is 1.54. The van der Waals surface area contributed by atoms with Crippen LogP contribution in [0.3, 0.4) is 0 Å². The highest BCUT2D eigenvalue weighted by Gasteiger charge is 2.19. The molecule has 18 heavy (non-hydrogen) atoms. The number of aromatic amines is 1. The number of hydrogen-bond donors (Lipinski definition) is 2. The maximum absolute atomic E-state index is 12.0. The maximum atomic E-state index is 12.0. The average molecular weight is 314 g/mol. The molecule has 0 radical (unpaired) electrons. The van der Waals surface area contributed by atoms with Crippen molar-refractivity contribution in [1.82, 2.24) is 25.9 Å². The molecule has 2 N–H and O–H groups in total. The smallest absolute Gasteiger partial charge is 0.255 e. The molecular weight excluding hydrogens is 302 g/mol. The monoisotopic (exact) mass is 313 g/mol. The molecule has 0 spiro atoms. The highest BCUT2D eigenvalue weighted by molar-refractivity contribution is 9.10. The largest absolute Gasteiger partial charge is 0.457 e. The Morgan fingerprint density at radius 3 is 3.06 bits per heavy atom. The number of carbonyl (C=O) groups excluding carboxylic acids is 1. The van der Waals surface area contributed by atoms with Gasteiger partial charge in [-0.1, -0.05) is 18.6 Å². The molecule has 8 heteroatoms. The van der Waals surface area contributed by atoms with E-state index in [2.05, 4.69) is 41.9 Å². The van der Waals surface area contributed by atoms with E-state index in [1.54, 1.807) is 6.07 Å². The van der Waals surface area contributed by atoms with Crippen molar-refractivity contribution >= 4 is 21.8 Å². The van der Waals surface area contributed by atoms with Gasteiger partial charge >= 0.3 is 0 Å². The predicted molar refractivity (Wildman–Crippen MR) is 65.7 cm³/mol. The molecule has 2 rings (SSSR count). The summed E-state index contributed by atoms with van der Waals surface area (Å²) in [5, 5.41) is 16.5. The summed E-state index contributed by atoms with van der Waals surface area (Å²) in [4.78, 5) is 12.0. The van der Waals surface area contributed by atoms with Crippen LogP contribution in [0, 0.1) is 0 Å². The number of carbonyl (C=O) groups is 1. The SMILES string of the molecule is CCC[C@@H](NC(=O)c1coc(Br)c1)c1nn[nH]n1. The number of H-pyrrole nitrogens is 1. The Morgan fingerprint density at radius 1 is 1.67 bits per heavy atom. The van der Waals surface area contributed by atoms with Gasteiger partial charge in [-0.25, -0.2) is 0 Å². The minimum absolute atomic E-state index is 0.229. The second-order valence-corrected chi connectivity index (χ2v) is 4.51. The zero-order valence-corrected chi connectivity index (χ0v) is 11.3. The van der Waals surface area contributed by atoms with Gasteiger partial charge in [0.1, 0.15) is 6.26 Å². The van der Waals surface area contributed by atoms with Crippen LogP contribution < -0.4 is 5.32 Å². The third-order valence-corrected chi connectivity index (χ3v) is 2.80. The lowest BCUT2D eigenvalue weighted by molar-refractivity contribution is 0.0932. The number of tetrazole rings is 1. The zero-order chi connectivity index (χ0) is 13.0. The molecular formula is C10H12BrN5O2. The van der Waals surface area contributed by atoms with Gasteiger partial charge in [-0.15, -0.1) is 10.2 Å². The van der Waals surface area contributed by atoms with E-state index in [0.29, 0.717) is 16.1 Å². The molecule has 0 fully saturated rings. The first-order valence-electron chi connectivity index (χ1n) is 5.49. The van der Waals surface area contributed by atoms with Crippen molar-refractivity contribution in [3.05, 3.63) is 28.4 Å². The van der Waals surface area contributed by atoms with Crippen molar-refractivity contribution in [2.24, 2.45) is 0 Å². The highest BCUT2D eigenvalue weighted by Crippen LogP contribution is 2.17. The normalized spacial score (nSPS) is 12.3. The van der Waals surface area contributed by atoms with E-state index in [0.717, 1.165) is 12.8 Å². The van der Waals surface area contributed by atoms with Crippen LogP contribution in [0.15, 0.2) is 21.4 Å². The average Bonchev–Trinajstić information content (AvgIpc) is 2.98. The van der Waals surface area contributed by atoms with Crippen LogP contribution in [-0.2, 0) is 0 Å². The minimum atomic E-state index is -0.255. The summed E-state index contributed by atoms with van der Waals surface area (Å²) in [7, 11) is 0. The molecule has 96 valence electrons. The standard InChI is InChI=1S/C10H12BrN5O2/c1-2-3-7(9-13-15-16-14-9)12-10(17)6-4-8(11)18-5-6/h4-5,7H,2-3H2,1H3,(H,12,17)(H,13,14,15,16)/t7-/m1/s1. The van der Waals surface area contributed by atoms with Crippen LogP contribution in [0.1, 0.15) is 42.0 Å². The van der Waals surface area contributed by atoms with Crippen molar-refractivity contribution < 1.29 is 9.21 Å². The molecule has 0 aliphatic carbocycles. The number of nitrogens with zero attached hydrogens (tertiary/aromatic N) is 3. The Kier molecular flexibility index (Phi) is 4.08. The Morgan fingerprint density at radius 2 is 2.50 bits per heavy atom. The van der Waals surface area contributed by atoms with Crippen LogP contribution in [0.5, 0.6) is 0 Å². The molecule has 0 aromatic carbocycles. The summed E-state index contributed by atoms with van der Waals surface area (Å²) in [6.45, 7) is 2.02. The molecule has 2 heterocycles. The Bertz CT molecular complexity index is 510. The molecule has 0 unspecified atom stereocenters. The van der Waals surface area contributed by atoms with Gasteiger partial charge in [-0.2, -0.15) is 5.21 Å². The van der Waals surface area contributed by atoms with Crippen LogP contribution in [0.2, 0.25) is 0 Å². The van der Waals surface area contributed by atoms with E-state index in [1.807, 2.05) is 6.92 Å². The summed E-state index contributed by atoms with van der Waals surface area (Å²) in [6, 6.07) is 1.35. The molecule has 0 aliphatic heterocycles. The van der Waals surface area contributed by atoms with E-state index >= 15 is 0 Å². The van der Waals surface area contributed by atoms with Gasteiger partial charge in [-0.05, 0) is 22.4 Å². The third kappa shape index (κ3) is 2.95. The first-order valence-corrected chi connectivity index (χ1v) is 6.28. The van der Waals surface area contributed by atoms with E-state index in [4.69, 9.17) is 4.42 Å². The third-order valence-electron chi connectivity index (χ3n) is 2.39. The summed E-state index contributed by atoms with van der Waals surface area (Å²) < 4.78 is 5.54. The molecule has 1 atom stereocenters. The molecule has 0 saturated carbocycles. The molecule has 7 nitrogen and oxygen atoms in total. The summed E-state index contributed by atoms with van der Waals surface area (Å²) in [5.74, 6) is 0.250. The van der Waals surface area contributed by atoms with Crippen LogP contribution in [0.4, 0.5) is 0 Å². The number of nitrogens with one attached hydrogen (secondary N) is 2. The van der Waals surface area contributed by atoms with Gasteiger partial charge in [-0.3, -0.25) is 4.79 Å². The van der Waals surface area contributed by atoms with Gasteiger partial charge in [0.2, 0.25) is 0 Å². The van der Waals surface area contributed by atoms with Crippen LogP contribution in [0.25, 0.3) is 0 Å². The quantitative estimate of drug-likeness (QED) is 0.877. The van der Waals surface area contributed by atoms with Gasteiger partial charge < -0.3 is 9.73 Å². The summed E-state index contributed by atoms with van der Waals surface area (Å²) in [6.07, 6.45) is 3.03. The van der Waals surface area contributed by atoms with Crippen LogP contribution >= 0.6 is 15.9 Å². The zero-order valence-electron chi connectivity index (χ0n) is 9.68. The lowest BCUT2D eigenvalue weighted by Gasteiger charge is -2.13. The van der Waals surface area contributed by atoms with E-state index in [9.17, 15) is 4.79 Å².